The van der Waals surface area contributed by atoms with Crippen LogP contribution in [0.4, 0.5) is 26.3 Å². The van der Waals surface area contributed by atoms with Gasteiger partial charge in [0, 0.05) is 0 Å². The molecule has 0 bridgehead atoms. The van der Waals surface area contributed by atoms with Crippen molar-refractivity contribution >= 4 is 56.4 Å². The molecule has 1 aromatic heterocycles. The Morgan fingerprint density at radius 3 is 2.03 bits per heavy atom. The third-order valence-electron chi connectivity index (χ3n) is 3.23. The summed E-state index contributed by atoms with van der Waals surface area (Å²) in [7, 11) is -6.07. The second-order valence-electron chi connectivity index (χ2n) is 5.00. The lowest BCUT2D eigenvalue weighted by atomic mass is 10.2. The second kappa shape index (κ2) is 8.07. The molecule has 1 aromatic carbocycles. The zero-order chi connectivity index (χ0) is 22.4. The van der Waals surface area contributed by atoms with Crippen molar-refractivity contribution < 1.29 is 34.8 Å². The van der Waals surface area contributed by atoms with Crippen LogP contribution >= 0.6 is 46.6 Å². The summed E-state index contributed by atoms with van der Waals surface area (Å²) in [4.78, 5) is -1.51. The van der Waals surface area contributed by atoms with E-state index in [1.165, 1.54) is 6.07 Å². The molecule has 2 aromatic rings. The van der Waals surface area contributed by atoms with Gasteiger partial charge in [0.1, 0.15) is 21.7 Å². The highest BCUT2D eigenvalue weighted by atomic mass is 35.5. The Balaban J connectivity index is 2.92. The molecule has 5 nitrogen and oxygen atoms in total. The van der Waals surface area contributed by atoms with Crippen LogP contribution in [0, 0.1) is 11.3 Å². The normalized spacial score (nSPS) is 12.8. The highest BCUT2D eigenvalue weighted by Crippen LogP contribution is 2.43. The van der Waals surface area contributed by atoms with Gasteiger partial charge in [-0.15, -0.1) is 11.6 Å². The van der Waals surface area contributed by atoms with Gasteiger partial charge in [-0.1, -0.05) is 35.0 Å². The summed E-state index contributed by atoms with van der Waals surface area (Å²) < 4.78 is 102. The molecular formula is C13H4Cl3F6N3O2S2. The maximum Gasteiger partial charge on any atom is 0.502 e. The molecule has 0 aliphatic rings. The molecule has 0 saturated heterocycles. The zero-order valence-electron chi connectivity index (χ0n) is 13.2. The zero-order valence-corrected chi connectivity index (χ0v) is 17.1. The highest BCUT2D eigenvalue weighted by molar-refractivity contribution is 8.01. The van der Waals surface area contributed by atoms with Gasteiger partial charge in [0.25, 0.3) is 9.84 Å². The summed E-state index contributed by atoms with van der Waals surface area (Å²) in [5.41, 5.74) is -8.78. The van der Waals surface area contributed by atoms with Gasteiger partial charge in [-0.3, -0.25) is 0 Å². The van der Waals surface area contributed by atoms with Crippen molar-refractivity contribution in [3.8, 4) is 11.8 Å². The molecule has 0 spiro atoms. The molecule has 0 fully saturated rings. The molecule has 158 valence electrons. The average molecular weight is 519 g/mol. The van der Waals surface area contributed by atoms with E-state index in [1.54, 1.807) is 0 Å². The largest absolute Gasteiger partial charge is 0.502 e. The van der Waals surface area contributed by atoms with E-state index in [9.17, 15) is 34.8 Å². The standard InChI is InChI=1S/C13H4Cl3F6N3O2S2/c14-4-28-11-10(29(26,27)13(20,21)22)8(3-23)24-25(11)9-6(15)1-5(2-7(9)16)12(17,18)19/h1-2H,4H2. The van der Waals surface area contributed by atoms with E-state index in [0.717, 1.165) is 0 Å². The van der Waals surface area contributed by atoms with Crippen molar-refractivity contribution in [1.29, 1.82) is 5.26 Å². The Morgan fingerprint density at radius 1 is 1.14 bits per heavy atom. The van der Waals surface area contributed by atoms with Gasteiger partial charge >= 0.3 is 11.7 Å². The third kappa shape index (κ3) is 4.41. The Labute approximate surface area is 178 Å². The molecule has 0 radical (unpaired) electrons. The number of aromatic nitrogens is 2. The molecule has 0 amide bonds. The summed E-state index contributed by atoms with van der Waals surface area (Å²) in [6.45, 7) is 0. The molecule has 2 rings (SSSR count). The topological polar surface area (TPSA) is 75.8 Å². The van der Waals surface area contributed by atoms with Crippen molar-refractivity contribution in [2.45, 2.75) is 21.6 Å². The van der Waals surface area contributed by atoms with Gasteiger partial charge < -0.3 is 0 Å². The maximum absolute atomic E-state index is 13.1. The number of halogens is 9. The highest BCUT2D eigenvalue weighted by Gasteiger charge is 2.51. The van der Waals surface area contributed by atoms with E-state index >= 15 is 0 Å². The van der Waals surface area contributed by atoms with Crippen LogP contribution in [0.15, 0.2) is 22.1 Å². The van der Waals surface area contributed by atoms with Crippen LogP contribution in [0.3, 0.4) is 0 Å². The van der Waals surface area contributed by atoms with Gasteiger partial charge in [0.2, 0.25) is 0 Å². The van der Waals surface area contributed by atoms with Gasteiger partial charge in [-0.2, -0.15) is 36.7 Å². The molecule has 0 aliphatic carbocycles. The first-order chi connectivity index (χ1) is 13.2. The molecule has 16 heteroatoms. The van der Waals surface area contributed by atoms with Crippen molar-refractivity contribution in [3.05, 3.63) is 33.4 Å². The fraction of sp³-hybridized carbons (Fsp3) is 0.231. The smallest absolute Gasteiger partial charge is 0.221 e. The molecule has 1 heterocycles. The predicted molar refractivity (Wildman–Crippen MR) is 93.1 cm³/mol. The van der Waals surface area contributed by atoms with Crippen LogP contribution < -0.4 is 0 Å². The van der Waals surface area contributed by atoms with Crippen LogP contribution in [0.2, 0.25) is 10.0 Å². The van der Waals surface area contributed by atoms with Gasteiger partial charge in [0.15, 0.2) is 5.69 Å². The van der Waals surface area contributed by atoms with Crippen molar-refractivity contribution in [2.75, 3.05) is 5.21 Å². The molecule has 29 heavy (non-hydrogen) atoms. The van der Waals surface area contributed by atoms with E-state index in [-0.39, 0.29) is 0 Å². The van der Waals surface area contributed by atoms with Gasteiger partial charge in [-0.25, -0.2) is 13.1 Å². The van der Waals surface area contributed by atoms with Crippen molar-refractivity contribution in [3.63, 3.8) is 0 Å². The average Bonchev–Trinajstić information content (AvgIpc) is 2.91. The molecular weight excluding hydrogens is 515 g/mol. The van der Waals surface area contributed by atoms with Gasteiger partial charge in [-0.05, 0) is 12.1 Å². The lowest BCUT2D eigenvalue weighted by Crippen LogP contribution is -2.24. The summed E-state index contributed by atoms with van der Waals surface area (Å²) >= 11 is 17.5. The summed E-state index contributed by atoms with van der Waals surface area (Å²) in [6, 6.07) is 2.04. The van der Waals surface area contributed by atoms with Crippen molar-refractivity contribution in [1.82, 2.24) is 9.78 Å². The van der Waals surface area contributed by atoms with Gasteiger partial charge in [0.05, 0.1) is 20.8 Å². The van der Waals surface area contributed by atoms with E-state index < -0.39 is 63.6 Å². The van der Waals surface area contributed by atoms with Crippen LogP contribution in [-0.4, -0.2) is 28.9 Å². The minimum Gasteiger partial charge on any atom is -0.221 e. The Hall–Kier alpha value is -1.33. The third-order valence-corrected chi connectivity index (χ3v) is 6.55. The van der Waals surface area contributed by atoms with Crippen LogP contribution in [0.5, 0.6) is 0 Å². The first kappa shape index (κ1) is 23.9. The predicted octanol–water partition coefficient (Wildman–Crippen LogP) is 5.65. The summed E-state index contributed by atoms with van der Waals surface area (Å²) in [5, 5.41) is 9.84. The Morgan fingerprint density at radius 2 is 1.66 bits per heavy atom. The molecule has 0 N–H and O–H groups in total. The maximum atomic E-state index is 13.1. The van der Waals surface area contributed by atoms with Crippen LogP contribution in [0.1, 0.15) is 11.3 Å². The quantitative estimate of drug-likeness (QED) is 0.297. The Kier molecular flexibility index (Phi) is 6.66. The molecule has 0 atom stereocenters. The van der Waals surface area contributed by atoms with E-state index in [0.29, 0.717) is 28.6 Å². The molecule has 0 aliphatic heterocycles. The first-order valence-electron chi connectivity index (χ1n) is 6.76. The van der Waals surface area contributed by atoms with E-state index in [1.807, 2.05) is 0 Å². The number of sulfone groups is 1. The number of hydrogen-bond donors (Lipinski definition) is 0. The van der Waals surface area contributed by atoms with E-state index in [2.05, 4.69) is 5.10 Å². The lowest BCUT2D eigenvalue weighted by Gasteiger charge is -2.14. The number of hydrogen-bond acceptors (Lipinski definition) is 5. The number of nitrogens with zero attached hydrogens (tertiary/aromatic N) is 3. The number of rotatable bonds is 4. The number of benzene rings is 1. The summed E-state index contributed by atoms with van der Waals surface area (Å²) in [6.07, 6.45) is -4.84. The fourth-order valence-electron chi connectivity index (χ4n) is 2.08. The number of nitriles is 1. The second-order valence-corrected chi connectivity index (χ2v) is 9.24. The fourth-order valence-corrected chi connectivity index (χ4v) is 5.02. The number of thioether (sulfide) groups is 1. The summed E-state index contributed by atoms with van der Waals surface area (Å²) in [5.74, 6) is 0. The minimum atomic E-state index is -6.07. The van der Waals surface area contributed by atoms with Crippen LogP contribution in [0.25, 0.3) is 5.69 Å². The molecule has 0 saturated carbocycles. The SMILES string of the molecule is N#Cc1nn(-c2c(Cl)cc(C(F)(F)F)cc2Cl)c(SCCl)c1S(=O)(=O)C(F)(F)F. The lowest BCUT2D eigenvalue weighted by molar-refractivity contribution is -0.137. The van der Waals surface area contributed by atoms with E-state index in [4.69, 9.17) is 40.1 Å². The first-order valence-corrected chi connectivity index (χ1v) is 10.5. The minimum absolute atomic E-state index is 0.326. The van der Waals surface area contributed by atoms with Crippen LogP contribution in [-0.2, 0) is 16.0 Å². The number of alkyl halides is 7. The Bertz CT molecular complexity index is 1080. The van der Waals surface area contributed by atoms with Crippen molar-refractivity contribution in [2.24, 2.45) is 0 Å². The monoisotopic (exact) mass is 517 g/mol. The molecule has 0 unspecified atom stereocenters.